The van der Waals surface area contributed by atoms with Gasteiger partial charge in [-0.2, -0.15) is 0 Å². The molecule has 0 saturated carbocycles. The Kier molecular flexibility index (Phi) is 7.05. The van der Waals surface area contributed by atoms with E-state index in [9.17, 15) is 4.79 Å². The van der Waals surface area contributed by atoms with Crippen LogP contribution in [-0.2, 0) is 11.3 Å². The summed E-state index contributed by atoms with van der Waals surface area (Å²) >= 11 is 0. The number of anilines is 1. The second kappa shape index (κ2) is 10.8. The van der Waals surface area contributed by atoms with Gasteiger partial charge in [-0.1, -0.05) is 24.3 Å². The van der Waals surface area contributed by atoms with E-state index < -0.39 is 6.04 Å². The first kappa shape index (κ1) is 25.5. The highest BCUT2D eigenvalue weighted by molar-refractivity contribution is 5.83. The van der Waals surface area contributed by atoms with Crippen molar-refractivity contribution in [3.63, 3.8) is 0 Å². The van der Waals surface area contributed by atoms with Gasteiger partial charge in [0.05, 0.1) is 31.0 Å². The number of para-hydroxylation sites is 2. The first-order valence-electron chi connectivity index (χ1n) is 13.7. The zero-order chi connectivity index (χ0) is 26.9. The molecule has 0 spiro atoms. The van der Waals surface area contributed by atoms with E-state index in [1.165, 1.54) is 0 Å². The molecule has 1 N–H and O–H groups in total. The number of tetrazole rings is 1. The van der Waals surface area contributed by atoms with Gasteiger partial charge in [-0.15, -0.1) is 5.10 Å². The first-order chi connectivity index (χ1) is 19.0. The largest absolute Gasteiger partial charge is 0.495 e. The van der Waals surface area contributed by atoms with Crippen LogP contribution in [0.15, 0.2) is 47.3 Å². The molecule has 10 heteroatoms. The Labute approximate surface area is 227 Å². The summed E-state index contributed by atoms with van der Waals surface area (Å²) < 4.78 is 13.3. The average Bonchev–Trinajstić information content (AvgIpc) is 3.65. The van der Waals surface area contributed by atoms with Crippen molar-refractivity contribution in [1.82, 2.24) is 30.1 Å². The van der Waals surface area contributed by atoms with E-state index in [-0.39, 0.29) is 11.7 Å². The number of rotatable bonds is 7. The van der Waals surface area contributed by atoms with Crippen LogP contribution in [-0.4, -0.2) is 76.1 Å². The lowest BCUT2D eigenvalue weighted by Gasteiger charge is -2.40. The number of hydrogen-bond donors (Lipinski definition) is 1. The van der Waals surface area contributed by atoms with Crippen LogP contribution in [0.4, 0.5) is 5.69 Å². The van der Waals surface area contributed by atoms with E-state index in [0.29, 0.717) is 17.9 Å². The zero-order valence-corrected chi connectivity index (χ0v) is 22.8. The number of pyridine rings is 1. The number of H-pyrrole nitrogens is 1. The molecule has 4 aromatic rings. The maximum absolute atomic E-state index is 13.7. The van der Waals surface area contributed by atoms with Gasteiger partial charge < -0.3 is 19.4 Å². The molecular formula is C29H35N7O3. The van der Waals surface area contributed by atoms with E-state index in [4.69, 9.17) is 9.47 Å². The minimum Gasteiger partial charge on any atom is -0.495 e. The fraction of sp³-hybridized carbons (Fsp3) is 0.448. The van der Waals surface area contributed by atoms with Crippen LogP contribution in [0.5, 0.6) is 5.75 Å². The van der Waals surface area contributed by atoms with Crippen molar-refractivity contribution in [2.24, 2.45) is 0 Å². The van der Waals surface area contributed by atoms with Crippen LogP contribution in [0.1, 0.15) is 41.4 Å². The summed E-state index contributed by atoms with van der Waals surface area (Å²) in [5.74, 6) is 1.53. The summed E-state index contributed by atoms with van der Waals surface area (Å²) in [7, 11) is 1.70. The van der Waals surface area contributed by atoms with Gasteiger partial charge in [0.1, 0.15) is 11.8 Å². The van der Waals surface area contributed by atoms with Gasteiger partial charge in [-0.25, -0.2) is 4.68 Å². The molecule has 4 heterocycles. The highest BCUT2D eigenvalue weighted by Gasteiger charge is 2.34. The van der Waals surface area contributed by atoms with E-state index in [0.717, 1.165) is 79.1 Å². The lowest BCUT2D eigenvalue weighted by molar-refractivity contribution is 0.0906. The SMILES string of the molecule is COc1ccccc1N1CCN([C@@H](c2cc3ccc(C)c(C)c3[nH]c2=O)c2nnnn2C[C@H]2CCCO2)CC1. The normalized spacial score (nSPS) is 19.1. The summed E-state index contributed by atoms with van der Waals surface area (Å²) in [6, 6.07) is 13.9. The molecule has 39 heavy (non-hydrogen) atoms. The molecule has 2 saturated heterocycles. The summed E-state index contributed by atoms with van der Waals surface area (Å²) in [6.07, 6.45) is 2.10. The smallest absolute Gasteiger partial charge is 0.253 e. The van der Waals surface area contributed by atoms with Crippen molar-refractivity contribution in [2.75, 3.05) is 44.8 Å². The standard InChI is InChI=1S/C29H35N7O3/c1-19-10-11-21-17-23(29(37)30-26(21)20(19)2)27(28-31-32-33-36(28)18-22-7-6-16-39-22)35-14-12-34(13-15-35)24-8-4-5-9-25(24)38-3/h4-5,8-11,17,22,27H,6-7,12-16,18H2,1-3H3,(H,30,37)/t22-,27+/m1/s1. The number of hydrogen-bond acceptors (Lipinski definition) is 8. The molecule has 6 rings (SSSR count). The lowest BCUT2D eigenvalue weighted by atomic mass is 9.99. The quantitative estimate of drug-likeness (QED) is 0.390. The monoisotopic (exact) mass is 529 g/mol. The number of piperazine rings is 1. The number of aromatic amines is 1. The fourth-order valence-electron chi connectivity index (χ4n) is 5.87. The van der Waals surface area contributed by atoms with Crippen molar-refractivity contribution in [1.29, 1.82) is 0 Å². The zero-order valence-electron chi connectivity index (χ0n) is 22.8. The number of aryl methyl sites for hydroxylation is 2. The summed E-state index contributed by atoms with van der Waals surface area (Å²) in [6.45, 7) is 8.49. The molecule has 204 valence electrons. The molecule has 2 fully saturated rings. The van der Waals surface area contributed by atoms with E-state index in [1.807, 2.05) is 35.9 Å². The van der Waals surface area contributed by atoms with Gasteiger partial charge in [0, 0.05) is 38.3 Å². The number of nitrogens with one attached hydrogen (secondary N) is 1. The maximum atomic E-state index is 13.7. The van der Waals surface area contributed by atoms with E-state index in [1.54, 1.807) is 7.11 Å². The number of benzene rings is 2. The number of aromatic nitrogens is 5. The van der Waals surface area contributed by atoms with Crippen LogP contribution in [0.3, 0.4) is 0 Å². The Morgan fingerprint density at radius 1 is 1.13 bits per heavy atom. The minimum absolute atomic E-state index is 0.0794. The van der Waals surface area contributed by atoms with Gasteiger partial charge in [0.15, 0.2) is 5.82 Å². The predicted molar refractivity (Wildman–Crippen MR) is 149 cm³/mol. The first-order valence-corrected chi connectivity index (χ1v) is 13.7. The van der Waals surface area contributed by atoms with Crippen LogP contribution in [0, 0.1) is 13.8 Å². The number of nitrogens with zero attached hydrogens (tertiary/aromatic N) is 6. The Bertz CT molecular complexity index is 1520. The average molecular weight is 530 g/mol. The molecule has 0 radical (unpaired) electrons. The second-order valence-corrected chi connectivity index (χ2v) is 10.5. The van der Waals surface area contributed by atoms with Crippen LogP contribution in [0.2, 0.25) is 0 Å². The number of methoxy groups -OCH3 is 1. The molecule has 2 aromatic heterocycles. The molecule has 2 atom stereocenters. The third-order valence-corrected chi connectivity index (χ3v) is 8.18. The maximum Gasteiger partial charge on any atom is 0.253 e. The summed E-state index contributed by atoms with van der Waals surface area (Å²) in [5.41, 5.74) is 4.73. The van der Waals surface area contributed by atoms with Gasteiger partial charge in [-0.05, 0) is 71.8 Å². The van der Waals surface area contributed by atoms with Gasteiger partial charge in [-0.3, -0.25) is 9.69 Å². The highest BCUT2D eigenvalue weighted by Crippen LogP contribution is 2.32. The molecule has 0 bridgehead atoms. The van der Waals surface area contributed by atoms with Crippen LogP contribution >= 0.6 is 0 Å². The Morgan fingerprint density at radius 2 is 1.95 bits per heavy atom. The number of ether oxygens (including phenoxy) is 2. The van der Waals surface area contributed by atoms with E-state index in [2.05, 4.69) is 55.4 Å². The third-order valence-electron chi connectivity index (χ3n) is 8.18. The molecule has 2 aliphatic rings. The molecule has 2 aliphatic heterocycles. The minimum atomic E-state index is -0.393. The Balaban J connectivity index is 1.37. The van der Waals surface area contributed by atoms with Crippen LogP contribution in [0.25, 0.3) is 10.9 Å². The van der Waals surface area contributed by atoms with Gasteiger partial charge in [0.2, 0.25) is 0 Å². The van der Waals surface area contributed by atoms with Crippen molar-refractivity contribution < 1.29 is 9.47 Å². The lowest BCUT2D eigenvalue weighted by Crippen LogP contribution is -2.49. The van der Waals surface area contributed by atoms with Crippen molar-refractivity contribution in [3.8, 4) is 5.75 Å². The fourth-order valence-corrected chi connectivity index (χ4v) is 5.87. The van der Waals surface area contributed by atoms with Crippen molar-refractivity contribution >= 4 is 16.6 Å². The molecular weight excluding hydrogens is 494 g/mol. The molecule has 0 unspecified atom stereocenters. The van der Waals surface area contributed by atoms with Crippen LogP contribution < -0.4 is 15.2 Å². The summed E-state index contributed by atoms with van der Waals surface area (Å²) in [5, 5.41) is 13.9. The topological polar surface area (TPSA) is 101 Å². The molecule has 10 nitrogen and oxygen atoms in total. The third kappa shape index (κ3) is 4.90. The molecule has 0 aliphatic carbocycles. The van der Waals surface area contributed by atoms with Crippen molar-refractivity contribution in [2.45, 2.75) is 45.4 Å². The van der Waals surface area contributed by atoms with E-state index >= 15 is 0 Å². The molecule has 2 aromatic carbocycles. The number of fused-ring (bicyclic) bond motifs is 1. The van der Waals surface area contributed by atoms with Gasteiger partial charge >= 0.3 is 0 Å². The van der Waals surface area contributed by atoms with Crippen molar-refractivity contribution in [3.05, 3.63) is 75.3 Å². The highest BCUT2D eigenvalue weighted by atomic mass is 16.5. The predicted octanol–water partition coefficient (Wildman–Crippen LogP) is 3.23. The Hall–Kier alpha value is -3.76. The summed E-state index contributed by atoms with van der Waals surface area (Å²) in [4.78, 5) is 21.5. The Morgan fingerprint density at radius 3 is 2.72 bits per heavy atom. The van der Waals surface area contributed by atoms with Gasteiger partial charge in [0.25, 0.3) is 5.56 Å². The second-order valence-electron chi connectivity index (χ2n) is 10.5. The molecule has 0 amide bonds.